The maximum atomic E-state index is 13.4. The summed E-state index contributed by atoms with van der Waals surface area (Å²) in [4.78, 5) is 11.7. The van der Waals surface area contributed by atoms with Gasteiger partial charge in [-0.15, -0.1) is 0 Å². The van der Waals surface area contributed by atoms with Gasteiger partial charge in [-0.2, -0.15) is 0 Å². The van der Waals surface area contributed by atoms with Crippen LogP contribution >= 0.6 is 15.9 Å². The van der Waals surface area contributed by atoms with Crippen LogP contribution in [0, 0.1) is 5.82 Å². The molecule has 2 aromatic rings. The maximum Gasteiger partial charge on any atom is 0.232 e. The third-order valence-corrected chi connectivity index (χ3v) is 4.73. The Labute approximate surface area is 139 Å². The molecule has 6 heteroatoms. The Morgan fingerprint density at radius 3 is 2.50 bits per heavy atom. The number of benzene rings is 2. The highest BCUT2D eigenvalue weighted by atomic mass is 79.9. The van der Waals surface area contributed by atoms with E-state index in [0.29, 0.717) is 11.3 Å². The molecular weight excluding hydrogens is 369 g/mol. The number of rotatable bonds is 6. The minimum atomic E-state index is -1.29. The summed E-state index contributed by atoms with van der Waals surface area (Å²) in [7, 11) is -1.29. The van der Waals surface area contributed by atoms with Gasteiger partial charge in [-0.1, -0.05) is 46.3 Å². The van der Waals surface area contributed by atoms with Gasteiger partial charge in [0, 0.05) is 33.1 Å². The first-order chi connectivity index (χ1) is 10.5. The van der Waals surface area contributed by atoms with Gasteiger partial charge in [-0.3, -0.25) is 9.00 Å². The number of carbonyl (C=O) groups excluding carboxylic acids is 1. The summed E-state index contributed by atoms with van der Waals surface area (Å²) in [6.07, 6.45) is 0. The Balaban J connectivity index is 1.80. The molecule has 0 bridgehead atoms. The SMILES string of the molecule is O=C(CS(=O)Cc1ccc(Br)cc1)NCc1ccccc1F. The van der Waals surface area contributed by atoms with Gasteiger partial charge >= 0.3 is 0 Å². The van der Waals surface area contributed by atoms with E-state index in [-0.39, 0.29) is 24.0 Å². The minimum Gasteiger partial charge on any atom is -0.351 e. The predicted octanol–water partition coefficient (Wildman–Crippen LogP) is 3.15. The smallest absolute Gasteiger partial charge is 0.232 e. The van der Waals surface area contributed by atoms with Crippen LogP contribution in [0.3, 0.4) is 0 Å². The molecule has 3 nitrogen and oxygen atoms in total. The van der Waals surface area contributed by atoms with Gasteiger partial charge in [0.2, 0.25) is 5.91 Å². The Morgan fingerprint density at radius 1 is 1.14 bits per heavy atom. The van der Waals surface area contributed by atoms with E-state index in [1.807, 2.05) is 24.3 Å². The van der Waals surface area contributed by atoms with Crippen LogP contribution in [0.25, 0.3) is 0 Å². The fourth-order valence-corrected chi connectivity index (χ4v) is 3.18. The van der Waals surface area contributed by atoms with Gasteiger partial charge < -0.3 is 5.32 Å². The fraction of sp³-hybridized carbons (Fsp3) is 0.188. The molecule has 0 saturated carbocycles. The monoisotopic (exact) mass is 383 g/mol. The Hall–Kier alpha value is -1.53. The molecule has 116 valence electrons. The van der Waals surface area contributed by atoms with E-state index in [1.165, 1.54) is 6.07 Å². The standard InChI is InChI=1S/C16H15BrFNO2S/c17-14-7-5-12(6-8-14)10-22(21)11-16(20)19-9-13-3-1-2-4-15(13)18/h1-8H,9-11H2,(H,19,20). The lowest BCUT2D eigenvalue weighted by molar-refractivity contribution is -0.118. The van der Waals surface area contributed by atoms with Crippen molar-refractivity contribution in [2.45, 2.75) is 12.3 Å². The molecule has 0 fully saturated rings. The number of carbonyl (C=O) groups is 1. The second kappa shape index (κ2) is 8.19. The first kappa shape index (κ1) is 16.8. The van der Waals surface area contributed by atoms with Crippen LogP contribution in [0.4, 0.5) is 4.39 Å². The highest BCUT2D eigenvalue weighted by Gasteiger charge is 2.09. The number of nitrogens with one attached hydrogen (secondary N) is 1. The van der Waals surface area contributed by atoms with Crippen molar-refractivity contribution in [1.29, 1.82) is 0 Å². The van der Waals surface area contributed by atoms with Gasteiger partial charge in [-0.05, 0) is 23.8 Å². The summed E-state index contributed by atoms with van der Waals surface area (Å²) in [6.45, 7) is 0.0982. The van der Waals surface area contributed by atoms with Crippen LogP contribution in [0.2, 0.25) is 0 Å². The van der Waals surface area contributed by atoms with Crippen molar-refractivity contribution in [3.8, 4) is 0 Å². The van der Waals surface area contributed by atoms with E-state index >= 15 is 0 Å². The van der Waals surface area contributed by atoms with E-state index in [0.717, 1.165) is 10.0 Å². The number of amides is 1. The molecule has 1 atom stereocenters. The third-order valence-electron chi connectivity index (χ3n) is 2.97. The van der Waals surface area contributed by atoms with Crippen molar-refractivity contribution in [3.63, 3.8) is 0 Å². The fourth-order valence-electron chi connectivity index (χ4n) is 1.85. The third kappa shape index (κ3) is 5.35. The predicted molar refractivity (Wildman–Crippen MR) is 89.1 cm³/mol. The van der Waals surface area contributed by atoms with E-state index in [9.17, 15) is 13.4 Å². The molecular formula is C16H15BrFNO2S. The highest BCUT2D eigenvalue weighted by molar-refractivity contribution is 9.10. The number of halogens is 2. The molecule has 0 aliphatic rings. The average Bonchev–Trinajstić information content (AvgIpc) is 2.49. The molecule has 0 aromatic heterocycles. The topological polar surface area (TPSA) is 46.2 Å². The normalized spacial score (nSPS) is 11.9. The summed E-state index contributed by atoms with van der Waals surface area (Å²) < 4.78 is 26.3. The summed E-state index contributed by atoms with van der Waals surface area (Å²) in [5.74, 6) is -0.484. The summed E-state index contributed by atoms with van der Waals surface area (Å²) in [5, 5.41) is 2.59. The molecule has 0 heterocycles. The average molecular weight is 384 g/mol. The molecule has 0 spiro atoms. The summed E-state index contributed by atoms with van der Waals surface area (Å²) in [6, 6.07) is 13.7. The quantitative estimate of drug-likeness (QED) is 0.832. The Bertz CT molecular complexity index is 676. The van der Waals surface area contributed by atoms with E-state index < -0.39 is 10.8 Å². The lowest BCUT2D eigenvalue weighted by Crippen LogP contribution is -2.28. The first-order valence-corrected chi connectivity index (χ1v) is 8.92. The van der Waals surface area contributed by atoms with Gasteiger partial charge in [0.05, 0.1) is 0 Å². The van der Waals surface area contributed by atoms with Gasteiger partial charge in [0.15, 0.2) is 0 Å². The molecule has 2 rings (SSSR count). The van der Waals surface area contributed by atoms with Crippen LogP contribution in [-0.2, 0) is 27.9 Å². The van der Waals surface area contributed by atoms with E-state index in [2.05, 4.69) is 21.2 Å². The number of hydrogen-bond acceptors (Lipinski definition) is 2. The van der Waals surface area contributed by atoms with Crippen LogP contribution < -0.4 is 5.32 Å². The van der Waals surface area contributed by atoms with Crippen LogP contribution in [0.1, 0.15) is 11.1 Å². The van der Waals surface area contributed by atoms with Crippen molar-refractivity contribution in [2.75, 3.05) is 5.75 Å². The van der Waals surface area contributed by atoms with Gasteiger partial charge in [0.1, 0.15) is 11.6 Å². The van der Waals surface area contributed by atoms with Crippen molar-refractivity contribution in [1.82, 2.24) is 5.32 Å². The molecule has 0 radical (unpaired) electrons. The van der Waals surface area contributed by atoms with Crippen molar-refractivity contribution in [2.24, 2.45) is 0 Å². The van der Waals surface area contributed by atoms with Crippen LogP contribution in [-0.4, -0.2) is 15.9 Å². The molecule has 1 amide bonds. The van der Waals surface area contributed by atoms with Gasteiger partial charge in [0.25, 0.3) is 0 Å². The van der Waals surface area contributed by atoms with Crippen LogP contribution in [0.5, 0.6) is 0 Å². The molecule has 0 aliphatic heterocycles. The van der Waals surface area contributed by atoms with Crippen LogP contribution in [0.15, 0.2) is 53.0 Å². The lowest BCUT2D eigenvalue weighted by Gasteiger charge is -2.06. The molecule has 2 aromatic carbocycles. The zero-order valence-electron chi connectivity index (χ0n) is 11.7. The maximum absolute atomic E-state index is 13.4. The van der Waals surface area contributed by atoms with Crippen molar-refractivity contribution >= 4 is 32.6 Å². The summed E-state index contributed by atoms with van der Waals surface area (Å²) >= 11 is 3.33. The largest absolute Gasteiger partial charge is 0.351 e. The molecule has 1 unspecified atom stereocenters. The number of hydrogen-bond donors (Lipinski definition) is 1. The van der Waals surface area contributed by atoms with E-state index in [4.69, 9.17) is 0 Å². The highest BCUT2D eigenvalue weighted by Crippen LogP contribution is 2.12. The molecule has 0 aliphatic carbocycles. The van der Waals surface area contributed by atoms with Crippen molar-refractivity contribution in [3.05, 3.63) is 69.9 Å². The first-order valence-electron chi connectivity index (χ1n) is 6.64. The Kier molecular flexibility index (Phi) is 6.27. The molecule has 1 N–H and O–H groups in total. The lowest BCUT2D eigenvalue weighted by atomic mass is 10.2. The Morgan fingerprint density at radius 2 is 1.82 bits per heavy atom. The van der Waals surface area contributed by atoms with Crippen molar-refractivity contribution < 1.29 is 13.4 Å². The minimum absolute atomic E-state index is 0.0927. The molecule has 0 saturated heterocycles. The molecule has 22 heavy (non-hydrogen) atoms. The van der Waals surface area contributed by atoms with E-state index in [1.54, 1.807) is 18.2 Å². The zero-order valence-corrected chi connectivity index (χ0v) is 14.1. The van der Waals surface area contributed by atoms with Gasteiger partial charge in [-0.25, -0.2) is 4.39 Å². The summed E-state index contributed by atoms with van der Waals surface area (Å²) in [5.41, 5.74) is 1.32. The zero-order chi connectivity index (χ0) is 15.9. The second-order valence-corrected chi connectivity index (χ2v) is 7.10. The second-order valence-electron chi connectivity index (χ2n) is 4.72.